The fraction of sp³-hybridized carbons (Fsp3) is 0.500. The quantitative estimate of drug-likeness (QED) is 0.749. The summed E-state index contributed by atoms with van der Waals surface area (Å²) in [5.74, 6) is 0.723. The Morgan fingerprint density at radius 2 is 2.11 bits per heavy atom. The van der Waals surface area contributed by atoms with Crippen molar-refractivity contribution >= 4 is 10.9 Å². The number of likely N-dealkylation sites (N-methyl/N-ethyl adjacent to an activating group) is 1. The smallest absolute Gasteiger partial charge is 0.0454 e. The van der Waals surface area contributed by atoms with Gasteiger partial charge >= 0.3 is 0 Å². The van der Waals surface area contributed by atoms with Crippen LogP contribution in [0.3, 0.4) is 0 Å². The zero-order valence-electron chi connectivity index (χ0n) is 12.2. The van der Waals surface area contributed by atoms with Crippen molar-refractivity contribution in [2.75, 3.05) is 26.7 Å². The maximum Gasteiger partial charge on any atom is 0.0454 e. The molecule has 0 fully saturated rings. The average molecular weight is 259 g/mol. The van der Waals surface area contributed by atoms with Crippen molar-refractivity contribution in [3.05, 3.63) is 36.0 Å². The van der Waals surface area contributed by atoms with Gasteiger partial charge in [-0.3, -0.25) is 0 Å². The molecule has 19 heavy (non-hydrogen) atoms. The molecule has 1 aromatic carbocycles. The van der Waals surface area contributed by atoms with Gasteiger partial charge < -0.3 is 15.2 Å². The summed E-state index contributed by atoms with van der Waals surface area (Å²) in [7, 11) is 2.18. The summed E-state index contributed by atoms with van der Waals surface area (Å²) in [5.41, 5.74) is 2.59. The number of H-pyrrole nitrogens is 1. The highest BCUT2D eigenvalue weighted by molar-refractivity contribution is 5.79. The van der Waals surface area contributed by atoms with Gasteiger partial charge in [0.1, 0.15) is 0 Å². The first-order valence-corrected chi connectivity index (χ1v) is 7.10. The second-order valence-electron chi connectivity index (χ2n) is 5.74. The van der Waals surface area contributed by atoms with Crippen molar-refractivity contribution in [3.63, 3.8) is 0 Å². The van der Waals surface area contributed by atoms with Crippen LogP contribution in [0.15, 0.2) is 30.5 Å². The molecule has 0 aliphatic carbocycles. The lowest BCUT2D eigenvalue weighted by Gasteiger charge is -2.17. The summed E-state index contributed by atoms with van der Waals surface area (Å²) in [5, 5.41) is 4.78. The van der Waals surface area contributed by atoms with E-state index in [0.29, 0.717) is 0 Å². The predicted molar refractivity (Wildman–Crippen MR) is 82.3 cm³/mol. The maximum absolute atomic E-state index is 3.48. The molecule has 0 saturated carbocycles. The van der Waals surface area contributed by atoms with Gasteiger partial charge in [-0.1, -0.05) is 19.9 Å². The standard InChI is InChI=1S/C16H25N3/c1-13(2)11-17-8-9-19(3)12-14-4-5-16-15(10-14)6-7-18-16/h4-7,10,13,17-18H,8-9,11-12H2,1-3H3. The number of rotatable bonds is 7. The van der Waals surface area contributed by atoms with Gasteiger partial charge in [0, 0.05) is 31.3 Å². The average Bonchev–Trinajstić information content (AvgIpc) is 2.82. The first kappa shape index (κ1) is 14.1. The van der Waals surface area contributed by atoms with E-state index in [-0.39, 0.29) is 0 Å². The van der Waals surface area contributed by atoms with Crippen molar-refractivity contribution in [2.45, 2.75) is 20.4 Å². The number of nitrogens with zero attached hydrogens (tertiary/aromatic N) is 1. The summed E-state index contributed by atoms with van der Waals surface area (Å²) < 4.78 is 0. The second-order valence-corrected chi connectivity index (χ2v) is 5.74. The Kier molecular flexibility index (Phi) is 5.00. The van der Waals surface area contributed by atoms with E-state index in [1.54, 1.807) is 0 Å². The highest BCUT2D eigenvalue weighted by Crippen LogP contribution is 2.15. The van der Waals surface area contributed by atoms with Gasteiger partial charge in [-0.15, -0.1) is 0 Å². The molecule has 2 N–H and O–H groups in total. The van der Waals surface area contributed by atoms with E-state index in [2.05, 4.69) is 60.4 Å². The Hall–Kier alpha value is -1.32. The highest BCUT2D eigenvalue weighted by Gasteiger charge is 2.02. The van der Waals surface area contributed by atoms with Gasteiger partial charge in [0.15, 0.2) is 0 Å². The molecule has 0 unspecified atom stereocenters. The second kappa shape index (κ2) is 6.73. The molecule has 3 nitrogen and oxygen atoms in total. The molecule has 0 aliphatic heterocycles. The van der Waals surface area contributed by atoms with Gasteiger partial charge in [-0.25, -0.2) is 0 Å². The zero-order valence-corrected chi connectivity index (χ0v) is 12.2. The molecule has 0 bridgehead atoms. The molecule has 0 radical (unpaired) electrons. The minimum atomic E-state index is 0.723. The summed E-state index contributed by atoms with van der Waals surface area (Å²) in [6.45, 7) is 8.72. The first-order chi connectivity index (χ1) is 9.15. The lowest BCUT2D eigenvalue weighted by molar-refractivity contribution is 0.322. The SMILES string of the molecule is CC(C)CNCCN(C)Cc1ccc2[nH]ccc2c1. The molecule has 0 atom stereocenters. The van der Waals surface area contributed by atoms with Crippen LogP contribution >= 0.6 is 0 Å². The molecule has 1 heterocycles. The molecule has 2 aromatic rings. The minimum Gasteiger partial charge on any atom is -0.361 e. The minimum absolute atomic E-state index is 0.723. The van der Waals surface area contributed by atoms with Crippen LogP contribution in [0.5, 0.6) is 0 Å². The summed E-state index contributed by atoms with van der Waals surface area (Å²) in [6, 6.07) is 8.76. The fourth-order valence-electron chi connectivity index (χ4n) is 2.25. The molecular weight excluding hydrogens is 234 g/mol. The number of fused-ring (bicyclic) bond motifs is 1. The Morgan fingerprint density at radius 1 is 1.26 bits per heavy atom. The number of hydrogen-bond donors (Lipinski definition) is 2. The molecule has 3 heteroatoms. The van der Waals surface area contributed by atoms with Gasteiger partial charge in [-0.05, 0) is 48.7 Å². The lowest BCUT2D eigenvalue weighted by Crippen LogP contribution is -2.30. The summed E-state index contributed by atoms with van der Waals surface area (Å²) in [4.78, 5) is 5.59. The fourth-order valence-corrected chi connectivity index (χ4v) is 2.25. The molecule has 2 rings (SSSR count). The third kappa shape index (κ3) is 4.37. The largest absolute Gasteiger partial charge is 0.361 e. The van der Waals surface area contributed by atoms with Crippen LogP contribution in [0.2, 0.25) is 0 Å². The number of aromatic nitrogens is 1. The van der Waals surface area contributed by atoms with Crippen molar-refractivity contribution in [1.82, 2.24) is 15.2 Å². The molecule has 0 amide bonds. The first-order valence-electron chi connectivity index (χ1n) is 7.10. The van der Waals surface area contributed by atoms with E-state index in [0.717, 1.165) is 32.1 Å². The van der Waals surface area contributed by atoms with E-state index in [4.69, 9.17) is 0 Å². The van der Waals surface area contributed by atoms with Crippen molar-refractivity contribution in [1.29, 1.82) is 0 Å². The topological polar surface area (TPSA) is 31.1 Å². The van der Waals surface area contributed by atoms with Crippen LogP contribution < -0.4 is 5.32 Å². The van der Waals surface area contributed by atoms with Crippen LogP contribution in [0.1, 0.15) is 19.4 Å². The third-order valence-electron chi connectivity index (χ3n) is 3.29. The van der Waals surface area contributed by atoms with E-state index in [1.165, 1.54) is 16.5 Å². The van der Waals surface area contributed by atoms with Crippen molar-refractivity contribution < 1.29 is 0 Å². The highest BCUT2D eigenvalue weighted by atomic mass is 15.1. The Labute approximate surface area is 116 Å². The summed E-state index contributed by atoms with van der Waals surface area (Å²) >= 11 is 0. The Balaban J connectivity index is 1.79. The van der Waals surface area contributed by atoms with Crippen LogP contribution in [-0.2, 0) is 6.54 Å². The monoisotopic (exact) mass is 259 g/mol. The van der Waals surface area contributed by atoms with Crippen LogP contribution in [0.25, 0.3) is 10.9 Å². The maximum atomic E-state index is 3.48. The van der Waals surface area contributed by atoms with Crippen LogP contribution in [0, 0.1) is 5.92 Å². The van der Waals surface area contributed by atoms with Gasteiger partial charge in [0.05, 0.1) is 0 Å². The number of aromatic amines is 1. The lowest BCUT2D eigenvalue weighted by atomic mass is 10.1. The van der Waals surface area contributed by atoms with Crippen LogP contribution in [0.4, 0.5) is 0 Å². The number of nitrogens with one attached hydrogen (secondary N) is 2. The molecule has 0 spiro atoms. The molecule has 0 saturated heterocycles. The molecule has 104 valence electrons. The van der Waals surface area contributed by atoms with Gasteiger partial charge in [0.25, 0.3) is 0 Å². The molecule has 0 aliphatic rings. The number of benzene rings is 1. The Morgan fingerprint density at radius 3 is 2.89 bits per heavy atom. The van der Waals surface area contributed by atoms with E-state index < -0.39 is 0 Å². The third-order valence-corrected chi connectivity index (χ3v) is 3.29. The van der Waals surface area contributed by atoms with Crippen molar-refractivity contribution in [3.8, 4) is 0 Å². The molecular formula is C16H25N3. The predicted octanol–water partition coefficient (Wildman–Crippen LogP) is 2.85. The van der Waals surface area contributed by atoms with E-state index in [1.807, 2.05) is 6.20 Å². The van der Waals surface area contributed by atoms with Gasteiger partial charge in [-0.2, -0.15) is 0 Å². The molecule has 1 aromatic heterocycles. The van der Waals surface area contributed by atoms with E-state index in [9.17, 15) is 0 Å². The zero-order chi connectivity index (χ0) is 13.7. The van der Waals surface area contributed by atoms with E-state index >= 15 is 0 Å². The van der Waals surface area contributed by atoms with Crippen molar-refractivity contribution in [2.24, 2.45) is 5.92 Å². The van der Waals surface area contributed by atoms with Crippen LogP contribution in [-0.4, -0.2) is 36.6 Å². The van der Waals surface area contributed by atoms with Gasteiger partial charge in [0.2, 0.25) is 0 Å². The number of hydrogen-bond acceptors (Lipinski definition) is 2. The Bertz CT molecular complexity index is 501. The normalized spacial score (nSPS) is 11.8. The summed E-state index contributed by atoms with van der Waals surface area (Å²) in [6.07, 6.45) is 1.99.